The van der Waals surface area contributed by atoms with Crippen LogP contribution in [0.1, 0.15) is 52.1 Å². The van der Waals surface area contributed by atoms with Gasteiger partial charge in [0.05, 0.1) is 0 Å². The number of hydrogen-bond acceptors (Lipinski definition) is 1. The van der Waals surface area contributed by atoms with Crippen LogP contribution in [0, 0.1) is 14.8 Å². The zero-order valence-electron chi connectivity index (χ0n) is 11.7. The molecule has 1 atom stereocenters. The third-order valence-electron chi connectivity index (χ3n) is 2.97. The lowest BCUT2D eigenvalue weighted by molar-refractivity contribution is 0.333. The summed E-state index contributed by atoms with van der Waals surface area (Å²) in [4.78, 5) is 0. The quantitative estimate of drug-likeness (QED) is 0.734. The van der Waals surface area contributed by atoms with Gasteiger partial charge in [-0.1, -0.05) is 33.8 Å². The van der Waals surface area contributed by atoms with Crippen LogP contribution in [0.25, 0.3) is 0 Å². The average molecular weight is 363 g/mol. The molecular weight excluding hydrogens is 340 g/mol. The molecule has 1 aromatic rings. The predicted octanol–water partition coefficient (Wildman–Crippen LogP) is 4.91. The van der Waals surface area contributed by atoms with Crippen LogP contribution in [-0.2, 0) is 0 Å². The summed E-state index contributed by atoms with van der Waals surface area (Å²) in [5, 5.41) is 3.50. The first-order valence-electron chi connectivity index (χ1n) is 6.52. The van der Waals surface area contributed by atoms with E-state index in [4.69, 9.17) is 0 Å². The second-order valence-corrected chi connectivity index (χ2v) is 7.04. The summed E-state index contributed by atoms with van der Waals surface area (Å²) in [5.74, 6) is -0.158. The van der Waals surface area contributed by atoms with Crippen molar-refractivity contribution in [2.24, 2.45) is 5.41 Å². The van der Waals surface area contributed by atoms with E-state index in [1.165, 1.54) is 5.56 Å². The molecule has 18 heavy (non-hydrogen) atoms. The van der Waals surface area contributed by atoms with Crippen molar-refractivity contribution in [3.8, 4) is 0 Å². The van der Waals surface area contributed by atoms with Crippen molar-refractivity contribution >= 4 is 22.6 Å². The maximum atomic E-state index is 13.1. The van der Waals surface area contributed by atoms with Crippen molar-refractivity contribution < 1.29 is 4.39 Å². The average Bonchev–Trinajstić information content (AvgIpc) is 2.24. The van der Waals surface area contributed by atoms with Crippen molar-refractivity contribution in [2.45, 2.75) is 46.6 Å². The Balaban J connectivity index is 2.83. The second-order valence-electron chi connectivity index (χ2n) is 5.88. The first-order chi connectivity index (χ1) is 8.33. The monoisotopic (exact) mass is 363 g/mol. The van der Waals surface area contributed by atoms with Gasteiger partial charge in [0, 0.05) is 9.61 Å². The minimum Gasteiger partial charge on any atom is -0.310 e. The Morgan fingerprint density at radius 3 is 2.50 bits per heavy atom. The van der Waals surface area contributed by atoms with E-state index in [2.05, 4.69) is 55.6 Å². The van der Waals surface area contributed by atoms with E-state index in [-0.39, 0.29) is 5.82 Å². The zero-order chi connectivity index (χ0) is 13.8. The fourth-order valence-corrected chi connectivity index (χ4v) is 2.83. The fraction of sp³-hybridized carbons (Fsp3) is 0.600. The van der Waals surface area contributed by atoms with Gasteiger partial charge in [-0.05, 0) is 65.1 Å². The molecule has 0 heterocycles. The normalized spacial score (nSPS) is 13.7. The van der Waals surface area contributed by atoms with Gasteiger partial charge in [0.25, 0.3) is 0 Å². The van der Waals surface area contributed by atoms with E-state index in [9.17, 15) is 4.39 Å². The highest BCUT2D eigenvalue weighted by Crippen LogP contribution is 2.29. The van der Waals surface area contributed by atoms with Gasteiger partial charge in [0.1, 0.15) is 5.82 Å². The minimum atomic E-state index is -0.158. The van der Waals surface area contributed by atoms with Gasteiger partial charge >= 0.3 is 0 Å². The molecule has 0 aliphatic heterocycles. The topological polar surface area (TPSA) is 12.0 Å². The Morgan fingerprint density at radius 1 is 1.33 bits per heavy atom. The number of hydrogen-bond donors (Lipinski definition) is 1. The molecule has 0 aliphatic carbocycles. The molecular formula is C15H23FIN. The highest BCUT2D eigenvalue weighted by Gasteiger charge is 2.18. The third-order valence-corrected chi connectivity index (χ3v) is 3.91. The lowest BCUT2D eigenvalue weighted by atomic mass is 9.87. The third kappa shape index (κ3) is 5.22. The fourth-order valence-electron chi connectivity index (χ4n) is 1.98. The Hall–Kier alpha value is -0.160. The molecule has 0 radical (unpaired) electrons. The Morgan fingerprint density at radius 2 is 2.00 bits per heavy atom. The largest absolute Gasteiger partial charge is 0.310 e. The predicted molar refractivity (Wildman–Crippen MR) is 84.2 cm³/mol. The lowest BCUT2D eigenvalue weighted by Gasteiger charge is -2.25. The van der Waals surface area contributed by atoms with Crippen LogP contribution in [0.5, 0.6) is 0 Å². The van der Waals surface area contributed by atoms with E-state index < -0.39 is 0 Å². The first-order valence-corrected chi connectivity index (χ1v) is 7.59. The van der Waals surface area contributed by atoms with Crippen molar-refractivity contribution in [3.63, 3.8) is 0 Å². The van der Waals surface area contributed by atoms with E-state index in [1.807, 2.05) is 6.07 Å². The molecule has 0 saturated carbocycles. The molecule has 1 N–H and O–H groups in total. The van der Waals surface area contributed by atoms with Gasteiger partial charge in [-0.2, -0.15) is 0 Å². The molecule has 0 bridgehead atoms. The summed E-state index contributed by atoms with van der Waals surface area (Å²) in [6, 6.07) is 5.39. The van der Waals surface area contributed by atoms with Crippen molar-refractivity contribution in [1.29, 1.82) is 0 Å². The molecule has 1 unspecified atom stereocenters. The van der Waals surface area contributed by atoms with Crippen LogP contribution in [0.2, 0.25) is 0 Å². The second kappa shape index (κ2) is 6.85. The summed E-state index contributed by atoms with van der Waals surface area (Å²) in [6.07, 6.45) is 2.23. The Labute approximate surface area is 124 Å². The number of benzene rings is 1. The van der Waals surface area contributed by atoms with Crippen LogP contribution in [0.15, 0.2) is 18.2 Å². The molecule has 102 valence electrons. The molecule has 0 fully saturated rings. The molecule has 0 amide bonds. The Bertz CT molecular complexity index is 385. The van der Waals surface area contributed by atoms with E-state index in [0.717, 1.165) is 23.0 Å². The number of nitrogens with one attached hydrogen (secondary N) is 1. The van der Waals surface area contributed by atoms with Crippen LogP contribution >= 0.6 is 22.6 Å². The van der Waals surface area contributed by atoms with Gasteiger partial charge in [-0.25, -0.2) is 4.39 Å². The zero-order valence-corrected chi connectivity index (χ0v) is 13.8. The number of halogens is 2. The van der Waals surface area contributed by atoms with E-state index in [0.29, 0.717) is 11.5 Å². The molecule has 0 spiro atoms. The van der Waals surface area contributed by atoms with Gasteiger partial charge in [0.2, 0.25) is 0 Å². The minimum absolute atomic E-state index is 0.158. The maximum Gasteiger partial charge on any atom is 0.124 e. The molecule has 0 saturated heterocycles. The van der Waals surface area contributed by atoms with Gasteiger partial charge < -0.3 is 5.32 Å². The summed E-state index contributed by atoms with van der Waals surface area (Å²) < 4.78 is 14.2. The van der Waals surface area contributed by atoms with Crippen LogP contribution < -0.4 is 5.32 Å². The number of rotatable bonds is 5. The van der Waals surface area contributed by atoms with Crippen LogP contribution in [-0.4, -0.2) is 6.54 Å². The van der Waals surface area contributed by atoms with Crippen LogP contribution in [0.3, 0.4) is 0 Å². The summed E-state index contributed by atoms with van der Waals surface area (Å²) >= 11 is 2.22. The van der Waals surface area contributed by atoms with E-state index >= 15 is 0 Å². The molecule has 1 rings (SSSR count). The highest BCUT2D eigenvalue weighted by molar-refractivity contribution is 14.1. The van der Waals surface area contributed by atoms with Gasteiger partial charge in [0.15, 0.2) is 0 Å². The maximum absolute atomic E-state index is 13.1. The molecule has 0 aliphatic rings. The standard InChI is InChI=1S/C15H23FIN/c1-5-18-14(8-9-15(2,3)4)12-7-6-11(16)10-13(12)17/h6-7,10,14,18H,5,8-9H2,1-4H3. The first kappa shape index (κ1) is 15.9. The highest BCUT2D eigenvalue weighted by atomic mass is 127. The molecule has 3 heteroatoms. The summed E-state index contributed by atoms with van der Waals surface area (Å²) in [5.41, 5.74) is 1.54. The SMILES string of the molecule is CCNC(CCC(C)(C)C)c1ccc(F)cc1I. The lowest BCUT2D eigenvalue weighted by Crippen LogP contribution is -2.23. The van der Waals surface area contributed by atoms with Gasteiger partial charge in [-0.15, -0.1) is 0 Å². The Kier molecular flexibility index (Phi) is 6.05. The molecule has 1 aromatic carbocycles. The van der Waals surface area contributed by atoms with Crippen LogP contribution in [0.4, 0.5) is 4.39 Å². The van der Waals surface area contributed by atoms with Crippen molar-refractivity contribution in [1.82, 2.24) is 5.32 Å². The molecule has 0 aromatic heterocycles. The molecule has 1 nitrogen and oxygen atoms in total. The van der Waals surface area contributed by atoms with Crippen molar-refractivity contribution in [2.75, 3.05) is 6.54 Å². The van der Waals surface area contributed by atoms with E-state index in [1.54, 1.807) is 12.1 Å². The summed E-state index contributed by atoms with van der Waals surface area (Å²) in [7, 11) is 0. The summed E-state index contributed by atoms with van der Waals surface area (Å²) in [6.45, 7) is 9.81. The smallest absolute Gasteiger partial charge is 0.124 e. The van der Waals surface area contributed by atoms with Crippen molar-refractivity contribution in [3.05, 3.63) is 33.1 Å². The van der Waals surface area contributed by atoms with Gasteiger partial charge in [-0.3, -0.25) is 0 Å².